The smallest absolute Gasteiger partial charge is 0.267 e. The van der Waals surface area contributed by atoms with E-state index in [1.165, 1.54) is 30.3 Å². The first kappa shape index (κ1) is 19.3. The quantitative estimate of drug-likeness (QED) is 0.696. The van der Waals surface area contributed by atoms with Crippen molar-refractivity contribution >= 4 is 17.5 Å². The van der Waals surface area contributed by atoms with Crippen molar-refractivity contribution in [3.63, 3.8) is 0 Å². The number of hydrogen-bond acceptors (Lipinski definition) is 6. The van der Waals surface area contributed by atoms with Crippen LogP contribution in [0.4, 0.5) is 16.0 Å². The second kappa shape index (κ2) is 7.90. The molecule has 158 valence electrons. The molecule has 1 aromatic carbocycles. The fraction of sp³-hybridized carbons (Fsp3) is 0.318. The summed E-state index contributed by atoms with van der Waals surface area (Å²) in [4.78, 5) is 36.3. The molecule has 5 rings (SSSR count). The van der Waals surface area contributed by atoms with Gasteiger partial charge in [-0.25, -0.2) is 19.0 Å². The molecule has 8 nitrogen and oxygen atoms in total. The number of halogens is 1. The summed E-state index contributed by atoms with van der Waals surface area (Å²) in [6, 6.07) is 6.97. The van der Waals surface area contributed by atoms with Crippen LogP contribution in [0.2, 0.25) is 0 Å². The fourth-order valence-electron chi connectivity index (χ4n) is 4.04. The SMILES string of the molecule is O=C(Cn1nc2c(cc1=O)CCc1nc(N3CCCC3)ncc1-2)Nc1ccc(F)cc1. The number of carbonyl (C=O) groups excluding carboxylic acids is 1. The summed E-state index contributed by atoms with van der Waals surface area (Å²) in [5.74, 6) is -0.0659. The number of benzene rings is 1. The molecule has 1 N–H and O–H groups in total. The molecule has 9 heteroatoms. The summed E-state index contributed by atoms with van der Waals surface area (Å²) in [7, 11) is 0. The molecule has 2 aromatic heterocycles. The summed E-state index contributed by atoms with van der Waals surface area (Å²) in [5.41, 5.74) is 3.31. The lowest BCUT2D eigenvalue weighted by atomic mass is 9.94. The Balaban J connectivity index is 1.40. The fourth-order valence-corrected chi connectivity index (χ4v) is 4.04. The van der Waals surface area contributed by atoms with Gasteiger partial charge < -0.3 is 10.2 Å². The van der Waals surface area contributed by atoms with Crippen LogP contribution in [0.15, 0.2) is 41.3 Å². The van der Waals surface area contributed by atoms with E-state index in [4.69, 9.17) is 4.98 Å². The molecule has 31 heavy (non-hydrogen) atoms. The molecular formula is C22H21FN6O2. The molecule has 1 fully saturated rings. The number of nitrogens with zero attached hydrogens (tertiary/aromatic N) is 5. The van der Waals surface area contributed by atoms with Crippen molar-refractivity contribution in [2.75, 3.05) is 23.3 Å². The highest BCUT2D eigenvalue weighted by atomic mass is 19.1. The van der Waals surface area contributed by atoms with E-state index in [9.17, 15) is 14.0 Å². The average molecular weight is 420 g/mol. The number of rotatable bonds is 4. The van der Waals surface area contributed by atoms with Gasteiger partial charge in [-0.15, -0.1) is 0 Å². The van der Waals surface area contributed by atoms with Crippen molar-refractivity contribution in [1.29, 1.82) is 0 Å². The molecule has 3 aromatic rings. The van der Waals surface area contributed by atoms with E-state index in [0.29, 0.717) is 17.8 Å². The molecule has 0 unspecified atom stereocenters. The third-order valence-corrected chi connectivity index (χ3v) is 5.63. The van der Waals surface area contributed by atoms with Crippen molar-refractivity contribution in [1.82, 2.24) is 19.7 Å². The molecule has 2 aliphatic rings. The zero-order valence-electron chi connectivity index (χ0n) is 16.8. The Hall–Kier alpha value is -3.62. The number of aryl methyl sites for hydroxylation is 2. The number of hydrogen-bond donors (Lipinski definition) is 1. The second-order valence-corrected chi connectivity index (χ2v) is 7.79. The maximum atomic E-state index is 13.0. The highest BCUT2D eigenvalue weighted by molar-refractivity contribution is 5.90. The van der Waals surface area contributed by atoms with Crippen LogP contribution in [0.3, 0.4) is 0 Å². The second-order valence-electron chi connectivity index (χ2n) is 7.79. The molecule has 1 aliphatic carbocycles. The third-order valence-electron chi connectivity index (χ3n) is 5.63. The summed E-state index contributed by atoms with van der Waals surface area (Å²) < 4.78 is 14.2. The van der Waals surface area contributed by atoms with Gasteiger partial charge in [0.15, 0.2) is 0 Å². The van der Waals surface area contributed by atoms with E-state index in [1.807, 2.05) is 0 Å². The number of aromatic nitrogens is 4. The van der Waals surface area contributed by atoms with E-state index in [2.05, 4.69) is 20.3 Å². The van der Waals surface area contributed by atoms with Crippen molar-refractivity contribution in [3.8, 4) is 11.3 Å². The van der Waals surface area contributed by atoms with Crippen LogP contribution in [-0.2, 0) is 24.2 Å². The molecule has 1 amide bonds. The normalized spacial score (nSPS) is 14.8. The van der Waals surface area contributed by atoms with Gasteiger partial charge in [0.05, 0.1) is 11.4 Å². The summed E-state index contributed by atoms with van der Waals surface area (Å²) in [6.07, 6.45) is 5.47. The zero-order chi connectivity index (χ0) is 21.4. The van der Waals surface area contributed by atoms with Crippen molar-refractivity contribution in [3.05, 3.63) is 64.0 Å². The van der Waals surface area contributed by atoms with Gasteiger partial charge in [-0.3, -0.25) is 9.59 Å². The molecular weight excluding hydrogens is 399 g/mol. The van der Waals surface area contributed by atoms with Crippen molar-refractivity contribution in [2.24, 2.45) is 0 Å². The van der Waals surface area contributed by atoms with E-state index in [-0.39, 0.29) is 17.9 Å². The molecule has 0 spiro atoms. The first-order valence-corrected chi connectivity index (χ1v) is 10.3. The summed E-state index contributed by atoms with van der Waals surface area (Å²) >= 11 is 0. The van der Waals surface area contributed by atoms with Gasteiger partial charge >= 0.3 is 0 Å². The standard InChI is InChI=1S/C22H21FN6O2/c23-15-4-6-16(7-5-15)25-19(30)13-29-20(31)11-14-3-8-18-17(21(14)27-29)12-24-22(26-18)28-9-1-2-10-28/h4-7,11-12H,1-3,8-10,13H2,(H,25,30). The highest BCUT2D eigenvalue weighted by Gasteiger charge is 2.24. The van der Waals surface area contributed by atoms with E-state index in [1.54, 1.807) is 6.20 Å². The van der Waals surface area contributed by atoms with Crippen LogP contribution in [0.1, 0.15) is 24.1 Å². The third kappa shape index (κ3) is 3.90. The average Bonchev–Trinajstić information content (AvgIpc) is 3.30. The number of nitrogens with one attached hydrogen (secondary N) is 1. The predicted octanol–water partition coefficient (Wildman–Crippen LogP) is 2.18. The predicted molar refractivity (Wildman–Crippen MR) is 113 cm³/mol. The van der Waals surface area contributed by atoms with Crippen LogP contribution in [0.5, 0.6) is 0 Å². The van der Waals surface area contributed by atoms with Gasteiger partial charge in [0, 0.05) is 36.6 Å². The lowest BCUT2D eigenvalue weighted by Crippen LogP contribution is -2.31. The Kier molecular flexibility index (Phi) is 4.93. The largest absolute Gasteiger partial charge is 0.341 e. The molecule has 3 heterocycles. The molecule has 0 radical (unpaired) electrons. The van der Waals surface area contributed by atoms with Crippen LogP contribution >= 0.6 is 0 Å². The molecule has 0 saturated carbocycles. The first-order valence-electron chi connectivity index (χ1n) is 10.3. The van der Waals surface area contributed by atoms with Crippen LogP contribution in [-0.4, -0.2) is 38.7 Å². The topological polar surface area (TPSA) is 93.0 Å². The van der Waals surface area contributed by atoms with Gasteiger partial charge in [-0.05, 0) is 55.5 Å². The first-order chi connectivity index (χ1) is 15.1. The van der Waals surface area contributed by atoms with Gasteiger partial charge in [0.2, 0.25) is 11.9 Å². The van der Waals surface area contributed by atoms with Crippen molar-refractivity contribution < 1.29 is 9.18 Å². The minimum atomic E-state index is -0.419. The van der Waals surface area contributed by atoms with E-state index >= 15 is 0 Å². The number of anilines is 2. The van der Waals surface area contributed by atoms with Crippen LogP contribution < -0.4 is 15.8 Å². The maximum Gasteiger partial charge on any atom is 0.267 e. The minimum absolute atomic E-state index is 0.245. The minimum Gasteiger partial charge on any atom is -0.341 e. The lowest BCUT2D eigenvalue weighted by molar-refractivity contribution is -0.117. The summed E-state index contributed by atoms with van der Waals surface area (Å²) in [5, 5.41) is 7.11. The number of fused-ring (bicyclic) bond motifs is 3. The van der Waals surface area contributed by atoms with E-state index in [0.717, 1.165) is 59.8 Å². The Labute approximate surface area is 177 Å². The summed E-state index contributed by atoms with van der Waals surface area (Å²) in [6.45, 7) is 1.69. The Morgan fingerprint density at radius 2 is 1.90 bits per heavy atom. The van der Waals surface area contributed by atoms with Gasteiger partial charge in [-0.2, -0.15) is 5.10 Å². The van der Waals surface area contributed by atoms with Gasteiger partial charge in [0.25, 0.3) is 5.56 Å². The van der Waals surface area contributed by atoms with Crippen molar-refractivity contribution in [2.45, 2.75) is 32.2 Å². The molecule has 0 bridgehead atoms. The van der Waals surface area contributed by atoms with Crippen LogP contribution in [0, 0.1) is 5.82 Å². The highest BCUT2D eigenvalue weighted by Crippen LogP contribution is 2.30. The monoisotopic (exact) mass is 420 g/mol. The lowest BCUT2D eigenvalue weighted by Gasteiger charge is -2.21. The van der Waals surface area contributed by atoms with E-state index < -0.39 is 5.91 Å². The number of amides is 1. The molecule has 1 aliphatic heterocycles. The maximum absolute atomic E-state index is 13.0. The molecule has 0 atom stereocenters. The van der Waals surface area contributed by atoms with Crippen LogP contribution in [0.25, 0.3) is 11.3 Å². The number of carbonyl (C=O) groups is 1. The van der Waals surface area contributed by atoms with Gasteiger partial charge in [-0.1, -0.05) is 0 Å². The Bertz CT molecular complexity index is 1200. The molecule has 1 saturated heterocycles. The Morgan fingerprint density at radius 3 is 2.68 bits per heavy atom. The van der Waals surface area contributed by atoms with Gasteiger partial charge in [0.1, 0.15) is 12.4 Å². The zero-order valence-corrected chi connectivity index (χ0v) is 16.8. The Morgan fingerprint density at radius 1 is 1.13 bits per heavy atom.